The fourth-order valence-electron chi connectivity index (χ4n) is 1.56. The molecule has 0 amide bonds. The number of carbonyl (C=O) groups excluding carboxylic acids is 1. The molecule has 0 fully saturated rings. The van der Waals surface area contributed by atoms with Crippen molar-refractivity contribution in [3.8, 4) is 5.75 Å². The van der Waals surface area contributed by atoms with Crippen molar-refractivity contribution >= 4 is 28.7 Å². The number of hydrogen-bond acceptors (Lipinski definition) is 4. The predicted octanol–water partition coefficient (Wildman–Crippen LogP) is 3.81. The lowest BCUT2D eigenvalue weighted by Crippen LogP contribution is -2.07. The van der Waals surface area contributed by atoms with E-state index < -0.39 is 0 Å². The van der Waals surface area contributed by atoms with Crippen LogP contribution in [0, 0.1) is 0 Å². The van der Waals surface area contributed by atoms with Crippen LogP contribution in [0.2, 0.25) is 4.34 Å². The van der Waals surface area contributed by atoms with E-state index in [-0.39, 0.29) is 12.4 Å². The molecule has 0 bridgehead atoms. The van der Waals surface area contributed by atoms with E-state index in [1.54, 1.807) is 19.2 Å². The Bertz CT molecular complexity index is 565. The lowest BCUT2D eigenvalue weighted by molar-refractivity contribution is 0.0730. The van der Waals surface area contributed by atoms with Crippen molar-refractivity contribution < 1.29 is 14.3 Å². The Labute approximate surface area is 120 Å². The zero-order valence-corrected chi connectivity index (χ0v) is 12.0. The molecule has 1 aromatic carbocycles. The second kappa shape index (κ2) is 6.70. The molecule has 0 radical (unpaired) electrons. The normalized spacial score (nSPS) is 10.4. The molecule has 0 spiro atoms. The molecule has 0 aliphatic rings. The zero-order chi connectivity index (χ0) is 13.7. The smallest absolute Gasteiger partial charge is 0.198 e. The third kappa shape index (κ3) is 4.06. The number of ketones is 1. The summed E-state index contributed by atoms with van der Waals surface area (Å²) in [6, 6.07) is 11.0. The molecule has 5 heteroatoms. The predicted molar refractivity (Wildman–Crippen MR) is 76.3 cm³/mol. The fourth-order valence-corrected chi connectivity index (χ4v) is 2.53. The Kier molecular flexibility index (Phi) is 4.96. The average Bonchev–Trinajstić information content (AvgIpc) is 2.86. The summed E-state index contributed by atoms with van der Waals surface area (Å²) in [6.07, 6.45) is 0. The molecule has 2 rings (SSSR count). The number of ether oxygens (including phenoxy) is 2. The molecule has 19 heavy (non-hydrogen) atoms. The number of halogens is 1. The van der Waals surface area contributed by atoms with E-state index in [1.807, 2.05) is 24.3 Å². The van der Waals surface area contributed by atoms with Gasteiger partial charge in [0.1, 0.15) is 12.4 Å². The minimum Gasteiger partial charge on any atom is -0.497 e. The van der Waals surface area contributed by atoms with Crippen LogP contribution in [0.4, 0.5) is 0 Å². The topological polar surface area (TPSA) is 35.5 Å². The van der Waals surface area contributed by atoms with Gasteiger partial charge in [-0.05, 0) is 29.8 Å². The summed E-state index contributed by atoms with van der Waals surface area (Å²) >= 11 is 7.04. The number of rotatable bonds is 6. The van der Waals surface area contributed by atoms with Gasteiger partial charge in [0.25, 0.3) is 0 Å². The molecule has 0 N–H and O–H groups in total. The van der Waals surface area contributed by atoms with Crippen LogP contribution in [-0.4, -0.2) is 19.5 Å². The van der Waals surface area contributed by atoms with Crippen LogP contribution >= 0.6 is 22.9 Å². The van der Waals surface area contributed by atoms with Gasteiger partial charge < -0.3 is 9.47 Å². The number of benzene rings is 1. The first-order valence-corrected chi connectivity index (χ1v) is 6.87. The van der Waals surface area contributed by atoms with E-state index in [0.29, 0.717) is 15.8 Å². The van der Waals surface area contributed by atoms with Crippen molar-refractivity contribution in [2.45, 2.75) is 6.61 Å². The van der Waals surface area contributed by atoms with Crippen LogP contribution < -0.4 is 4.74 Å². The Morgan fingerprint density at radius 1 is 1.32 bits per heavy atom. The number of carbonyl (C=O) groups is 1. The Morgan fingerprint density at radius 3 is 2.84 bits per heavy atom. The van der Waals surface area contributed by atoms with Gasteiger partial charge in [-0.1, -0.05) is 23.7 Å². The third-order valence-corrected chi connectivity index (χ3v) is 3.76. The van der Waals surface area contributed by atoms with Gasteiger partial charge in [0.05, 0.1) is 22.9 Å². The second-order valence-corrected chi connectivity index (χ2v) is 5.59. The van der Waals surface area contributed by atoms with Crippen molar-refractivity contribution in [1.82, 2.24) is 0 Å². The molecule has 0 aliphatic carbocycles. The molecule has 1 heterocycles. The van der Waals surface area contributed by atoms with E-state index in [4.69, 9.17) is 21.1 Å². The van der Waals surface area contributed by atoms with Crippen molar-refractivity contribution in [2.75, 3.05) is 13.7 Å². The second-order valence-electron chi connectivity index (χ2n) is 3.87. The van der Waals surface area contributed by atoms with Crippen molar-refractivity contribution in [3.05, 3.63) is 51.2 Å². The Hall–Kier alpha value is -1.36. The molecule has 0 aliphatic heterocycles. The molecule has 0 atom stereocenters. The van der Waals surface area contributed by atoms with E-state index in [1.165, 1.54) is 11.3 Å². The minimum atomic E-state index is -0.0557. The molecule has 0 saturated carbocycles. The van der Waals surface area contributed by atoms with E-state index in [0.717, 1.165) is 11.3 Å². The number of thiophene rings is 1. The average molecular weight is 297 g/mol. The van der Waals surface area contributed by atoms with E-state index in [9.17, 15) is 4.79 Å². The quantitative estimate of drug-likeness (QED) is 0.760. The molecule has 0 saturated heterocycles. The maximum absolute atomic E-state index is 11.8. The summed E-state index contributed by atoms with van der Waals surface area (Å²) in [5, 5.41) is 0. The largest absolute Gasteiger partial charge is 0.497 e. The van der Waals surface area contributed by atoms with E-state index >= 15 is 0 Å². The lowest BCUT2D eigenvalue weighted by atomic mass is 10.2. The molecule has 3 nitrogen and oxygen atoms in total. The summed E-state index contributed by atoms with van der Waals surface area (Å²) in [6.45, 7) is 0.427. The summed E-state index contributed by atoms with van der Waals surface area (Å²) in [7, 11) is 1.62. The highest BCUT2D eigenvalue weighted by molar-refractivity contribution is 7.18. The lowest BCUT2D eigenvalue weighted by Gasteiger charge is -2.05. The zero-order valence-electron chi connectivity index (χ0n) is 10.4. The summed E-state index contributed by atoms with van der Waals surface area (Å²) < 4.78 is 11.1. The van der Waals surface area contributed by atoms with Crippen molar-refractivity contribution in [3.63, 3.8) is 0 Å². The number of Topliss-reactive ketones (excluding diaryl/α,β-unsaturated/α-hetero) is 1. The SMILES string of the molecule is COc1cccc(COCC(=O)c2ccc(Cl)s2)c1. The first kappa shape index (κ1) is 14.1. The van der Waals surface area contributed by atoms with E-state index in [2.05, 4.69) is 0 Å². The van der Waals surface area contributed by atoms with Crippen LogP contribution in [0.1, 0.15) is 15.2 Å². The molecular weight excluding hydrogens is 284 g/mol. The monoisotopic (exact) mass is 296 g/mol. The highest BCUT2D eigenvalue weighted by Gasteiger charge is 2.09. The van der Waals surface area contributed by atoms with Gasteiger partial charge in [-0.25, -0.2) is 0 Å². The van der Waals surface area contributed by atoms with Gasteiger partial charge >= 0.3 is 0 Å². The highest BCUT2D eigenvalue weighted by atomic mass is 35.5. The number of methoxy groups -OCH3 is 1. The molecule has 100 valence electrons. The maximum atomic E-state index is 11.8. The van der Waals surface area contributed by atoms with Gasteiger partial charge in [0, 0.05) is 0 Å². The van der Waals surface area contributed by atoms with Crippen LogP contribution in [0.5, 0.6) is 5.75 Å². The molecule has 0 unspecified atom stereocenters. The summed E-state index contributed by atoms with van der Waals surface area (Å²) in [5.41, 5.74) is 0.969. The first-order valence-electron chi connectivity index (χ1n) is 5.68. The van der Waals surface area contributed by atoms with Crippen LogP contribution in [0.25, 0.3) is 0 Å². The Morgan fingerprint density at radius 2 is 2.16 bits per heavy atom. The van der Waals surface area contributed by atoms with Crippen molar-refractivity contribution in [2.24, 2.45) is 0 Å². The van der Waals surface area contributed by atoms with Crippen molar-refractivity contribution in [1.29, 1.82) is 0 Å². The minimum absolute atomic E-state index is 0.0497. The van der Waals surface area contributed by atoms with Gasteiger partial charge in [0.2, 0.25) is 0 Å². The molecular formula is C14H13ClO3S. The van der Waals surface area contributed by atoms with Gasteiger partial charge in [-0.15, -0.1) is 11.3 Å². The summed E-state index contributed by atoms with van der Waals surface area (Å²) in [5.74, 6) is 0.720. The Balaban J connectivity index is 1.84. The molecule has 2 aromatic rings. The van der Waals surface area contributed by atoms with Gasteiger partial charge in [-0.2, -0.15) is 0 Å². The highest BCUT2D eigenvalue weighted by Crippen LogP contribution is 2.22. The fraction of sp³-hybridized carbons (Fsp3) is 0.214. The van der Waals surface area contributed by atoms with Crippen LogP contribution in [0.15, 0.2) is 36.4 Å². The third-order valence-electron chi connectivity index (χ3n) is 2.48. The van der Waals surface area contributed by atoms with Crippen LogP contribution in [-0.2, 0) is 11.3 Å². The standard InChI is InChI=1S/C14H13ClO3S/c1-17-11-4-2-3-10(7-11)8-18-9-12(16)13-5-6-14(15)19-13/h2-7H,8-9H2,1H3. The maximum Gasteiger partial charge on any atom is 0.198 e. The molecule has 1 aromatic heterocycles. The van der Waals surface area contributed by atoms with Crippen LogP contribution in [0.3, 0.4) is 0 Å². The van der Waals surface area contributed by atoms with Gasteiger partial charge in [0.15, 0.2) is 5.78 Å². The summed E-state index contributed by atoms with van der Waals surface area (Å²) in [4.78, 5) is 12.4. The number of hydrogen-bond donors (Lipinski definition) is 0. The van der Waals surface area contributed by atoms with Gasteiger partial charge in [-0.3, -0.25) is 4.79 Å². The first-order chi connectivity index (χ1) is 9.19.